The zero-order valence-corrected chi connectivity index (χ0v) is 20.6. The van der Waals surface area contributed by atoms with Crippen molar-refractivity contribution in [1.82, 2.24) is 4.98 Å². The maximum Gasteiger partial charge on any atom is 0.265 e. The number of rotatable bonds is 3. The second-order valence-corrected chi connectivity index (χ2v) is 10.1. The topological polar surface area (TPSA) is 148 Å². The fraction of sp³-hybridized carbons (Fsp3) is 0.308. The first-order valence-electron chi connectivity index (χ1n) is 11.3. The fourth-order valence-electron chi connectivity index (χ4n) is 4.77. The Bertz CT molecular complexity index is 1300. The molecule has 0 bridgehead atoms. The van der Waals surface area contributed by atoms with Crippen LogP contribution in [0.15, 0.2) is 47.5 Å². The Balaban J connectivity index is 0.000000178. The first-order valence-corrected chi connectivity index (χ1v) is 12.8. The average Bonchev–Trinajstić information content (AvgIpc) is 3.41. The van der Waals surface area contributed by atoms with Crippen LogP contribution in [0.3, 0.4) is 0 Å². The molecule has 8 nitrogen and oxygen atoms in total. The summed E-state index contributed by atoms with van der Waals surface area (Å²) in [6.07, 6.45) is 5.45. The predicted octanol–water partition coefficient (Wildman–Crippen LogP) is 3.33. The maximum atomic E-state index is 12.7. The number of Topliss-reactive ketones (excluding diaryl/α,β-unsaturated/α-hetero) is 1. The number of nitrogen functional groups attached to an aromatic ring is 1. The molecule has 0 spiro atoms. The van der Waals surface area contributed by atoms with Gasteiger partial charge in [-0.25, -0.2) is 0 Å². The maximum absolute atomic E-state index is 12.7. The van der Waals surface area contributed by atoms with Crippen molar-refractivity contribution < 1.29 is 23.6 Å². The summed E-state index contributed by atoms with van der Waals surface area (Å²) in [4.78, 5) is 26.8. The van der Waals surface area contributed by atoms with Crippen LogP contribution in [0, 0.1) is 6.92 Å². The number of aromatic amines is 1. The van der Waals surface area contributed by atoms with E-state index in [0.717, 1.165) is 24.0 Å². The minimum absolute atomic E-state index is 0.103. The summed E-state index contributed by atoms with van der Waals surface area (Å²) < 4.78 is 17.2. The number of carbonyl (C=O) groups is 2. The van der Waals surface area contributed by atoms with Gasteiger partial charge in [-0.05, 0) is 48.9 Å². The third-order valence-electron chi connectivity index (χ3n) is 6.59. The Hall–Kier alpha value is -3.43. The molecule has 0 saturated heterocycles. The monoisotopic (exact) mass is 495 g/mol. The van der Waals surface area contributed by atoms with Gasteiger partial charge in [-0.15, -0.1) is 0 Å². The highest BCUT2D eigenvalue weighted by molar-refractivity contribution is 7.84. The number of H-pyrrole nitrogens is 1. The summed E-state index contributed by atoms with van der Waals surface area (Å²) in [7, 11) is -0.0753. The lowest BCUT2D eigenvalue weighted by molar-refractivity contribution is 0.0934. The number of amides is 1. The van der Waals surface area contributed by atoms with Crippen LogP contribution in [0.2, 0.25) is 0 Å². The molecule has 1 aliphatic heterocycles. The van der Waals surface area contributed by atoms with Crippen molar-refractivity contribution in [2.75, 3.05) is 19.1 Å². The number of ether oxygens (including phenoxy) is 1. The summed E-state index contributed by atoms with van der Waals surface area (Å²) >= 11 is 0. The normalized spacial score (nSPS) is 19.7. The number of aliphatic hydroxyl groups excluding tert-OH is 1. The lowest BCUT2D eigenvalue weighted by atomic mass is 9.93. The van der Waals surface area contributed by atoms with Crippen LogP contribution in [0.5, 0.6) is 5.75 Å². The molecule has 2 heterocycles. The van der Waals surface area contributed by atoms with Gasteiger partial charge in [0.1, 0.15) is 17.5 Å². The summed E-state index contributed by atoms with van der Waals surface area (Å²) in [5, 5.41) is 7.00. The molecule has 3 aliphatic rings. The number of nitrogens with two attached hydrogens (primary N) is 2. The number of nitrogens with one attached hydrogen (secondary N) is 1. The Morgan fingerprint density at radius 3 is 2.46 bits per heavy atom. The average molecular weight is 496 g/mol. The van der Waals surface area contributed by atoms with E-state index < -0.39 is 16.7 Å². The molecule has 3 aromatic rings. The van der Waals surface area contributed by atoms with Gasteiger partial charge in [0.2, 0.25) is 0 Å². The SMILES string of the molecule is CO.Cc1c(S(C)=O)c[nH]c1C(N)=O.Nc1cccc2c1C(=O)C1c3ccc(C4CC4)cc3OC21. The minimum Gasteiger partial charge on any atom is -0.484 e. The number of primary amides is 1. The summed E-state index contributed by atoms with van der Waals surface area (Å²) in [6.45, 7) is 1.72. The van der Waals surface area contributed by atoms with Crippen molar-refractivity contribution in [3.8, 4) is 5.75 Å². The van der Waals surface area contributed by atoms with Crippen LogP contribution in [-0.4, -0.2) is 39.4 Å². The van der Waals surface area contributed by atoms with Crippen molar-refractivity contribution in [1.29, 1.82) is 0 Å². The zero-order chi connectivity index (χ0) is 25.4. The molecule has 2 aliphatic carbocycles. The minimum atomic E-state index is -1.08. The molecule has 2 aromatic carbocycles. The van der Waals surface area contributed by atoms with Crippen molar-refractivity contribution >= 4 is 28.2 Å². The van der Waals surface area contributed by atoms with Gasteiger partial charge in [0.05, 0.1) is 21.6 Å². The highest BCUT2D eigenvalue weighted by atomic mass is 32.2. The molecule has 3 atom stereocenters. The lowest BCUT2D eigenvalue weighted by Crippen LogP contribution is -2.12. The summed E-state index contributed by atoms with van der Waals surface area (Å²) in [5.74, 6) is 0.942. The van der Waals surface area contributed by atoms with E-state index in [2.05, 4.69) is 23.2 Å². The number of carbonyl (C=O) groups excluding carboxylic acids is 2. The second-order valence-electron chi connectivity index (χ2n) is 8.73. The number of aliphatic hydroxyl groups is 1. The van der Waals surface area contributed by atoms with E-state index in [-0.39, 0.29) is 17.8 Å². The lowest BCUT2D eigenvalue weighted by Gasteiger charge is -2.10. The molecule has 0 radical (unpaired) electrons. The van der Waals surface area contributed by atoms with E-state index in [1.807, 2.05) is 12.1 Å². The van der Waals surface area contributed by atoms with E-state index in [9.17, 15) is 13.8 Å². The predicted molar refractivity (Wildman–Crippen MR) is 134 cm³/mol. The second kappa shape index (κ2) is 9.67. The van der Waals surface area contributed by atoms with Gasteiger partial charge in [-0.3, -0.25) is 13.8 Å². The van der Waals surface area contributed by atoms with Crippen molar-refractivity contribution in [3.05, 3.63) is 76.1 Å². The van der Waals surface area contributed by atoms with Gasteiger partial charge in [0.15, 0.2) is 5.78 Å². The fourth-order valence-corrected chi connectivity index (χ4v) is 5.53. The van der Waals surface area contributed by atoms with Crippen molar-refractivity contribution in [3.63, 3.8) is 0 Å². The standard InChI is InChI=1S/C18H15NO2.C7H10N2O2S.CH4O/c19-13-3-1-2-12-15(13)17(20)16-11-7-6-10(9-4-5-9)8-14(11)21-18(12)16;1-4-5(12(2)11)3-9-6(4)7(8)10;1-2/h1-3,6-9,16,18H,4-5,19H2;3,9H,1-2H3,(H2,8,10);2H,1H3. The number of hydrogen-bond acceptors (Lipinski definition) is 6. The molecule has 1 aromatic heterocycles. The molecule has 1 fully saturated rings. The third-order valence-corrected chi connectivity index (χ3v) is 7.63. The van der Waals surface area contributed by atoms with Crippen LogP contribution in [-0.2, 0) is 10.8 Å². The van der Waals surface area contributed by atoms with E-state index in [1.54, 1.807) is 25.4 Å². The van der Waals surface area contributed by atoms with Gasteiger partial charge in [-0.2, -0.15) is 0 Å². The smallest absolute Gasteiger partial charge is 0.265 e. The molecule has 6 N–H and O–H groups in total. The largest absolute Gasteiger partial charge is 0.484 e. The number of hydrogen-bond donors (Lipinski definition) is 4. The first-order chi connectivity index (χ1) is 16.8. The highest BCUT2D eigenvalue weighted by Gasteiger charge is 2.48. The van der Waals surface area contributed by atoms with Crippen molar-refractivity contribution in [2.24, 2.45) is 5.73 Å². The van der Waals surface area contributed by atoms with E-state index in [1.165, 1.54) is 18.4 Å². The number of benzene rings is 2. The molecule has 184 valence electrons. The number of fused-ring (bicyclic) bond motifs is 5. The zero-order valence-electron chi connectivity index (χ0n) is 19.8. The molecule has 1 amide bonds. The Morgan fingerprint density at radius 1 is 1.17 bits per heavy atom. The van der Waals surface area contributed by atoms with Gasteiger partial charge in [0, 0.05) is 41.9 Å². The quantitative estimate of drug-likeness (QED) is 0.410. The Labute approximate surface area is 206 Å². The van der Waals surface area contributed by atoms with Crippen LogP contribution < -0.4 is 16.2 Å². The third kappa shape index (κ3) is 4.37. The molecular formula is C26H29N3O5S. The van der Waals surface area contributed by atoms with Gasteiger partial charge in [-0.1, -0.05) is 24.3 Å². The molecule has 9 heteroatoms. The van der Waals surface area contributed by atoms with Gasteiger partial charge < -0.3 is 26.3 Å². The van der Waals surface area contributed by atoms with Crippen LogP contribution >= 0.6 is 0 Å². The molecular weight excluding hydrogens is 466 g/mol. The van der Waals surface area contributed by atoms with E-state index >= 15 is 0 Å². The van der Waals surface area contributed by atoms with Gasteiger partial charge >= 0.3 is 0 Å². The first kappa shape index (κ1) is 24.7. The molecule has 6 rings (SSSR count). The van der Waals surface area contributed by atoms with Crippen LogP contribution in [0.1, 0.15) is 73.9 Å². The Morgan fingerprint density at radius 2 is 1.89 bits per heavy atom. The van der Waals surface area contributed by atoms with E-state index in [4.69, 9.17) is 21.3 Å². The van der Waals surface area contributed by atoms with Gasteiger partial charge in [0.25, 0.3) is 5.91 Å². The van der Waals surface area contributed by atoms with Crippen LogP contribution in [0.25, 0.3) is 0 Å². The summed E-state index contributed by atoms with van der Waals surface area (Å²) in [6, 6.07) is 12.0. The number of anilines is 1. The molecule has 1 saturated carbocycles. The van der Waals surface area contributed by atoms with E-state index in [0.29, 0.717) is 33.3 Å². The molecule has 3 unspecified atom stereocenters. The summed E-state index contributed by atoms with van der Waals surface area (Å²) in [5.41, 5.74) is 16.6. The molecule has 35 heavy (non-hydrogen) atoms. The Kier molecular flexibility index (Phi) is 6.82. The van der Waals surface area contributed by atoms with Crippen molar-refractivity contribution in [2.45, 2.75) is 42.6 Å². The highest BCUT2D eigenvalue weighted by Crippen LogP contribution is 2.55. The number of ketones is 1. The van der Waals surface area contributed by atoms with Crippen LogP contribution in [0.4, 0.5) is 5.69 Å². The number of aromatic nitrogens is 1.